The number of halogens is 1. The van der Waals surface area contributed by atoms with Crippen LogP contribution >= 0.6 is 22.9 Å². The molecule has 88 valence electrons. The number of hydrogen-bond donors (Lipinski definition) is 1. The van der Waals surface area contributed by atoms with Crippen molar-refractivity contribution in [1.82, 2.24) is 4.98 Å². The first kappa shape index (κ1) is 12.1. The summed E-state index contributed by atoms with van der Waals surface area (Å²) in [6.45, 7) is 6.47. The highest BCUT2D eigenvalue weighted by atomic mass is 35.5. The van der Waals surface area contributed by atoms with Gasteiger partial charge in [0.25, 0.3) is 0 Å². The average Bonchev–Trinajstić information content (AvgIpc) is 2.69. The average molecular weight is 265 g/mol. The second-order valence-electron chi connectivity index (χ2n) is 3.60. The van der Waals surface area contributed by atoms with Crippen LogP contribution in [0.4, 0.5) is 5.13 Å². The lowest BCUT2D eigenvalue weighted by Gasteiger charge is -1.98. The molecule has 2 nitrogen and oxygen atoms in total. The Labute approximate surface area is 110 Å². The van der Waals surface area contributed by atoms with E-state index in [9.17, 15) is 0 Å². The summed E-state index contributed by atoms with van der Waals surface area (Å²) in [5, 5.41) is 4.87. The molecule has 0 unspecified atom stereocenters. The van der Waals surface area contributed by atoms with Gasteiger partial charge in [-0.3, -0.25) is 0 Å². The second-order valence-corrected chi connectivity index (χ2v) is 5.24. The summed E-state index contributed by atoms with van der Waals surface area (Å²) in [6, 6.07) is 7.74. The molecule has 1 N–H and O–H groups in total. The Kier molecular flexibility index (Phi) is 3.82. The van der Waals surface area contributed by atoms with Crippen molar-refractivity contribution in [3.05, 3.63) is 46.8 Å². The van der Waals surface area contributed by atoms with Crippen molar-refractivity contribution >= 4 is 28.1 Å². The summed E-state index contributed by atoms with van der Waals surface area (Å²) in [5.74, 6) is 0. The van der Waals surface area contributed by atoms with Crippen molar-refractivity contribution in [3.8, 4) is 11.3 Å². The largest absolute Gasteiger partial charge is 0.358 e. The van der Waals surface area contributed by atoms with Crippen molar-refractivity contribution in [1.29, 1.82) is 0 Å². The summed E-state index contributed by atoms with van der Waals surface area (Å²) >= 11 is 7.52. The van der Waals surface area contributed by atoms with E-state index in [1.54, 1.807) is 11.3 Å². The smallest absolute Gasteiger partial charge is 0.183 e. The Bertz CT molecular complexity index is 517. The van der Waals surface area contributed by atoms with Crippen LogP contribution in [-0.4, -0.2) is 11.5 Å². The molecule has 0 saturated heterocycles. The van der Waals surface area contributed by atoms with Gasteiger partial charge < -0.3 is 5.32 Å². The number of benzene rings is 1. The van der Waals surface area contributed by atoms with E-state index in [0.29, 0.717) is 0 Å². The maximum Gasteiger partial charge on any atom is 0.183 e. The third kappa shape index (κ3) is 2.87. The molecule has 1 aromatic heterocycles. The van der Waals surface area contributed by atoms with Gasteiger partial charge in [-0.1, -0.05) is 29.8 Å². The van der Waals surface area contributed by atoms with E-state index in [4.69, 9.17) is 11.6 Å². The third-order valence-corrected chi connectivity index (χ3v) is 3.49. The first-order valence-electron chi connectivity index (χ1n) is 5.29. The SMILES string of the molecule is C=CCNc1nc(-c2ccc(Cl)cc2)c(C)s1. The van der Waals surface area contributed by atoms with Crippen LogP contribution in [0, 0.1) is 6.92 Å². The van der Waals surface area contributed by atoms with Crippen molar-refractivity contribution in [2.75, 3.05) is 11.9 Å². The van der Waals surface area contributed by atoms with Gasteiger partial charge in [-0.05, 0) is 19.1 Å². The zero-order valence-corrected chi connectivity index (χ0v) is 11.1. The molecular formula is C13H13ClN2S. The Morgan fingerprint density at radius 3 is 2.76 bits per heavy atom. The number of aryl methyl sites for hydroxylation is 1. The number of thiazole rings is 1. The molecule has 0 aliphatic heterocycles. The zero-order valence-electron chi connectivity index (χ0n) is 9.53. The fraction of sp³-hybridized carbons (Fsp3) is 0.154. The molecule has 0 bridgehead atoms. The Hall–Kier alpha value is -1.32. The quantitative estimate of drug-likeness (QED) is 0.830. The van der Waals surface area contributed by atoms with E-state index in [0.717, 1.165) is 28.0 Å². The van der Waals surface area contributed by atoms with E-state index < -0.39 is 0 Å². The molecule has 1 heterocycles. The summed E-state index contributed by atoms with van der Waals surface area (Å²) in [6.07, 6.45) is 1.82. The molecule has 0 saturated carbocycles. The van der Waals surface area contributed by atoms with E-state index in [1.807, 2.05) is 30.3 Å². The lowest BCUT2D eigenvalue weighted by molar-refractivity contribution is 1.28. The molecule has 17 heavy (non-hydrogen) atoms. The van der Waals surface area contributed by atoms with Crippen LogP contribution in [0.15, 0.2) is 36.9 Å². The summed E-state index contributed by atoms with van der Waals surface area (Å²) in [5.41, 5.74) is 2.10. The molecule has 0 atom stereocenters. The Balaban J connectivity index is 2.29. The first-order chi connectivity index (χ1) is 8.20. The minimum absolute atomic E-state index is 0.729. The predicted molar refractivity (Wildman–Crippen MR) is 76.0 cm³/mol. The highest BCUT2D eigenvalue weighted by Gasteiger charge is 2.08. The van der Waals surface area contributed by atoms with Crippen LogP contribution in [0.3, 0.4) is 0 Å². The number of rotatable bonds is 4. The van der Waals surface area contributed by atoms with Crippen molar-refractivity contribution < 1.29 is 0 Å². The highest BCUT2D eigenvalue weighted by Crippen LogP contribution is 2.30. The molecule has 0 fully saturated rings. The second kappa shape index (κ2) is 5.34. The maximum absolute atomic E-state index is 5.87. The highest BCUT2D eigenvalue weighted by molar-refractivity contribution is 7.16. The Morgan fingerprint density at radius 1 is 1.41 bits per heavy atom. The Morgan fingerprint density at radius 2 is 2.12 bits per heavy atom. The molecule has 1 aromatic carbocycles. The van der Waals surface area contributed by atoms with Crippen LogP contribution in [0.25, 0.3) is 11.3 Å². The van der Waals surface area contributed by atoms with Gasteiger partial charge in [0.05, 0.1) is 5.69 Å². The van der Waals surface area contributed by atoms with E-state index >= 15 is 0 Å². The maximum atomic E-state index is 5.87. The van der Waals surface area contributed by atoms with Crippen molar-refractivity contribution in [2.45, 2.75) is 6.92 Å². The monoisotopic (exact) mass is 264 g/mol. The molecule has 4 heteroatoms. The third-order valence-electron chi connectivity index (χ3n) is 2.31. The molecule has 0 spiro atoms. The van der Waals surface area contributed by atoms with Crippen LogP contribution in [0.2, 0.25) is 5.02 Å². The number of nitrogens with zero attached hydrogens (tertiary/aromatic N) is 1. The van der Waals surface area contributed by atoms with Gasteiger partial charge in [-0.15, -0.1) is 17.9 Å². The van der Waals surface area contributed by atoms with E-state index in [-0.39, 0.29) is 0 Å². The standard InChI is InChI=1S/C13H13ClN2S/c1-3-8-15-13-16-12(9(2)17-13)10-4-6-11(14)7-5-10/h3-7H,1,8H2,2H3,(H,15,16). The molecule has 2 rings (SSSR count). The molecule has 0 amide bonds. The summed E-state index contributed by atoms with van der Waals surface area (Å²) in [7, 11) is 0. The number of anilines is 1. The van der Waals surface area contributed by atoms with Gasteiger partial charge >= 0.3 is 0 Å². The predicted octanol–water partition coefficient (Wildman–Crippen LogP) is 4.37. The van der Waals surface area contributed by atoms with Crippen LogP contribution in [-0.2, 0) is 0 Å². The van der Waals surface area contributed by atoms with Gasteiger partial charge in [-0.2, -0.15) is 0 Å². The van der Waals surface area contributed by atoms with E-state index in [2.05, 4.69) is 23.8 Å². The topological polar surface area (TPSA) is 24.9 Å². The lowest BCUT2D eigenvalue weighted by Crippen LogP contribution is -1.96. The summed E-state index contributed by atoms with van der Waals surface area (Å²) < 4.78 is 0. The zero-order chi connectivity index (χ0) is 12.3. The molecule has 0 aliphatic rings. The summed E-state index contributed by atoms with van der Waals surface area (Å²) in [4.78, 5) is 5.76. The van der Waals surface area contributed by atoms with Crippen LogP contribution in [0.5, 0.6) is 0 Å². The molecular weight excluding hydrogens is 252 g/mol. The van der Waals surface area contributed by atoms with Crippen LogP contribution in [0.1, 0.15) is 4.88 Å². The van der Waals surface area contributed by atoms with Gasteiger partial charge in [0.2, 0.25) is 0 Å². The lowest BCUT2D eigenvalue weighted by atomic mass is 10.1. The van der Waals surface area contributed by atoms with Crippen molar-refractivity contribution in [3.63, 3.8) is 0 Å². The minimum atomic E-state index is 0.729. The molecule has 0 radical (unpaired) electrons. The number of aromatic nitrogens is 1. The minimum Gasteiger partial charge on any atom is -0.358 e. The van der Waals surface area contributed by atoms with Crippen molar-refractivity contribution in [2.24, 2.45) is 0 Å². The van der Waals surface area contributed by atoms with Gasteiger partial charge in [-0.25, -0.2) is 4.98 Å². The van der Waals surface area contributed by atoms with E-state index in [1.165, 1.54) is 4.88 Å². The van der Waals surface area contributed by atoms with Crippen LogP contribution < -0.4 is 5.32 Å². The number of hydrogen-bond acceptors (Lipinski definition) is 3. The van der Waals surface area contributed by atoms with Gasteiger partial charge in [0, 0.05) is 22.0 Å². The molecule has 2 aromatic rings. The fourth-order valence-corrected chi connectivity index (χ4v) is 2.48. The first-order valence-corrected chi connectivity index (χ1v) is 6.48. The number of nitrogens with one attached hydrogen (secondary N) is 1. The van der Waals surface area contributed by atoms with Gasteiger partial charge in [0.1, 0.15) is 0 Å². The fourth-order valence-electron chi connectivity index (χ4n) is 1.51. The van der Waals surface area contributed by atoms with Gasteiger partial charge in [0.15, 0.2) is 5.13 Å². The normalized spacial score (nSPS) is 10.2. The molecule has 0 aliphatic carbocycles.